The summed E-state index contributed by atoms with van der Waals surface area (Å²) < 4.78 is 27.7. The van der Waals surface area contributed by atoms with Crippen LogP contribution in [-0.2, 0) is 10.0 Å². The lowest BCUT2D eigenvalue weighted by molar-refractivity contribution is 0.345. The maximum Gasteiger partial charge on any atom is 0.243 e. The maximum atomic E-state index is 12.6. The Labute approximate surface area is 125 Å². The van der Waals surface area contributed by atoms with Crippen LogP contribution < -0.4 is 0 Å². The fourth-order valence-corrected chi connectivity index (χ4v) is 3.86. The molecule has 1 rings (SSSR count). The van der Waals surface area contributed by atoms with Gasteiger partial charge in [-0.05, 0) is 44.5 Å². The molecule has 1 aromatic carbocycles. The van der Waals surface area contributed by atoms with Crippen molar-refractivity contribution in [2.24, 2.45) is 0 Å². The summed E-state index contributed by atoms with van der Waals surface area (Å²) in [6.07, 6.45) is 3.05. The highest BCUT2D eigenvalue weighted by atomic mass is 79.9. The first kappa shape index (κ1) is 16.7. The molecular weight excluding hydrogens is 326 g/mol. The van der Waals surface area contributed by atoms with E-state index in [2.05, 4.69) is 22.9 Å². The van der Waals surface area contributed by atoms with Gasteiger partial charge >= 0.3 is 0 Å². The molecule has 0 aliphatic carbocycles. The van der Waals surface area contributed by atoms with Crippen molar-refractivity contribution >= 4 is 26.0 Å². The van der Waals surface area contributed by atoms with E-state index in [4.69, 9.17) is 0 Å². The lowest BCUT2D eigenvalue weighted by atomic mass is 10.2. The first-order valence-corrected chi connectivity index (χ1v) is 8.90. The van der Waals surface area contributed by atoms with Crippen molar-refractivity contribution in [3.05, 3.63) is 28.7 Å². The van der Waals surface area contributed by atoms with Crippen molar-refractivity contribution in [3.8, 4) is 0 Å². The first-order valence-electron chi connectivity index (χ1n) is 6.67. The normalized spacial score (nSPS) is 12.3. The minimum absolute atomic E-state index is 0.0227. The number of unbranched alkanes of at least 4 members (excludes halogenated alkanes) is 2. The summed E-state index contributed by atoms with van der Waals surface area (Å²) in [7, 11) is -3.39. The summed E-state index contributed by atoms with van der Waals surface area (Å²) in [5.41, 5.74) is 0. The summed E-state index contributed by atoms with van der Waals surface area (Å²) in [4.78, 5) is 0.362. The summed E-state index contributed by atoms with van der Waals surface area (Å²) in [5, 5.41) is 0. The SMILES string of the molecule is CCCCCN(C(C)C)S(=O)(=O)c1ccc(Br)cc1. The predicted molar refractivity (Wildman–Crippen MR) is 82.7 cm³/mol. The van der Waals surface area contributed by atoms with E-state index in [0.29, 0.717) is 11.4 Å². The van der Waals surface area contributed by atoms with Gasteiger partial charge in [0.25, 0.3) is 0 Å². The number of sulfonamides is 1. The Morgan fingerprint density at radius 1 is 1.16 bits per heavy atom. The second kappa shape index (κ2) is 7.41. The summed E-state index contributed by atoms with van der Waals surface area (Å²) in [6, 6.07) is 6.79. The van der Waals surface area contributed by atoms with Crippen LogP contribution in [-0.4, -0.2) is 25.3 Å². The summed E-state index contributed by atoms with van der Waals surface area (Å²) in [5.74, 6) is 0. The van der Waals surface area contributed by atoms with Gasteiger partial charge in [0, 0.05) is 17.1 Å². The summed E-state index contributed by atoms with van der Waals surface area (Å²) in [6.45, 7) is 6.54. The standard InChI is InChI=1S/C14H22BrNO2S/c1-4-5-6-11-16(12(2)3)19(17,18)14-9-7-13(15)8-10-14/h7-10,12H,4-6,11H2,1-3H3. The largest absolute Gasteiger partial charge is 0.243 e. The number of benzene rings is 1. The van der Waals surface area contributed by atoms with Gasteiger partial charge in [0.1, 0.15) is 0 Å². The molecule has 0 saturated carbocycles. The third-order valence-corrected chi connectivity index (χ3v) is 5.60. The fourth-order valence-electron chi connectivity index (χ4n) is 1.92. The Morgan fingerprint density at radius 2 is 1.74 bits per heavy atom. The zero-order chi connectivity index (χ0) is 14.5. The highest BCUT2D eigenvalue weighted by molar-refractivity contribution is 9.10. The molecule has 0 unspecified atom stereocenters. The topological polar surface area (TPSA) is 37.4 Å². The molecule has 19 heavy (non-hydrogen) atoms. The van der Waals surface area contributed by atoms with Crippen LogP contribution in [0.25, 0.3) is 0 Å². The minimum atomic E-state index is -3.39. The molecule has 108 valence electrons. The maximum absolute atomic E-state index is 12.6. The van der Waals surface area contributed by atoms with Crippen LogP contribution in [0, 0.1) is 0 Å². The van der Waals surface area contributed by atoms with E-state index >= 15 is 0 Å². The Kier molecular flexibility index (Phi) is 6.50. The number of nitrogens with zero attached hydrogens (tertiary/aromatic N) is 1. The Bertz CT molecular complexity index is 483. The van der Waals surface area contributed by atoms with Gasteiger partial charge in [-0.2, -0.15) is 4.31 Å². The second-order valence-corrected chi connectivity index (χ2v) is 7.68. The molecule has 0 saturated heterocycles. The molecule has 0 aliphatic rings. The molecule has 0 heterocycles. The highest BCUT2D eigenvalue weighted by Gasteiger charge is 2.26. The van der Waals surface area contributed by atoms with Crippen LogP contribution in [0.3, 0.4) is 0 Å². The Morgan fingerprint density at radius 3 is 2.21 bits per heavy atom. The summed E-state index contributed by atoms with van der Waals surface area (Å²) >= 11 is 3.32. The molecule has 0 radical (unpaired) electrons. The zero-order valence-corrected chi connectivity index (χ0v) is 14.2. The monoisotopic (exact) mass is 347 g/mol. The van der Waals surface area contributed by atoms with E-state index < -0.39 is 10.0 Å². The lowest BCUT2D eigenvalue weighted by Gasteiger charge is -2.26. The average Bonchev–Trinajstić information content (AvgIpc) is 2.34. The van der Waals surface area contributed by atoms with Crippen molar-refractivity contribution in [2.75, 3.05) is 6.54 Å². The van der Waals surface area contributed by atoms with Gasteiger partial charge in [-0.1, -0.05) is 35.7 Å². The predicted octanol–water partition coefficient (Wildman–Crippen LogP) is 4.04. The van der Waals surface area contributed by atoms with Gasteiger partial charge < -0.3 is 0 Å². The molecule has 5 heteroatoms. The quantitative estimate of drug-likeness (QED) is 0.698. The molecule has 1 aromatic rings. The minimum Gasteiger partial charge on any atom is -0.207 e. The fraction of sp³-hybridized carbons (Fsp3) is 0.571. The van der Waals surface area contributed by atoms with Crippen molar-refractivity contribution in [1.29, 1.82) is 0 Å². The van der Waals surface area contributed by atoms with Crippen molar-refractivity contribution < 1.29 is 8.42 Å². The smallest absolute Gasteiger partial charge is 0.207 e. The Hall–Kier alpha value is -0.390. The van der Waals surface area contributed by atoms with E-state index in [1.165, 1.54) is 0 Å². The molecule has 0 spiro atoms. The van der Waals surface area contributed by atoms with Gasteiger partial charge in [-0.25, -0.2) is 8.42 Å². The Balaban J connectivity index is 2.96. The van der Waals surface area contributed by atoms with E-state index in [-0.39, 0.29) is 6.04 Å². The van der Waals surface area contributed by atoms with Crippen LogP contribution in [0.1, 0.15) is 40.0 Å². The molecule has 0 fully saturated rings. The third-order valence-electron chi connectivity index (χ3n) is 2.98. The molecule has 0 atom stereocenters. The second-order valence-electron chi connectivity index (χ2n) is 4.87. The molecule has 0 aliphatic heterocycles. The molecule has 0 aromatic heterocycles. The first-order chi connectivity index (χ1) is 8.89. The average molecular weight is 348 g/mol. The van der Waals surface area contributed by atoms with Gasteiger partial charge in [0.2, 0.25) is 10.0 Å². The number of rotatable bonds is 7. The number of hydrogen-bond acceptors (Lipinski definition) is 2. The van der Waals surface area contributed by atoms with E-state index in [1.807, 2.05) is 13.8 Å². The van der Waals surface area contributed by atoms with Crippen molar-refractivity contribution in [2.45, 2.75) is 51.0 Å². The van der Waals surface area contributed by atoms with Gasteiger partial charge in [-0.15, -0.1) is 0 Å². The van der Waals surface area contributed by atoms with Crippen LogP contribution >= 0.6 is 15.9 Å². The molecule has 0 bridgehead atoms. The molecular formula is C14H22BrNO2S. The van der Waals surface area contributed by atoms with Crippen LogP contribution in [0.4, 0.5) is 0 Å². The molecule has 0 N–H and O–H groups in total. The third kappa shape index (κ3) is 4.58. The van der Waals surface area contributed by atoms with Gasteiger partial charge in [0.15, 0.2) is 0 Å². The highest BCUT2D eigenvalue weighted by Crippen LogP contribution is 2.21. The van der Waals surface area contributed by atoms with Gasteiger partial charge in [-0.3, -0.25) is 0 Å². The van der Waals surface area contributed by atoms with Crippen LogP contribution in [0.15, 0.2) is 33.6 Å². The van der Waals surface area contributed by atoms with E-state index in [9.17, 15) is 8.42 Å². The van der Waals surface area contributed by atoms with Crippen molar-refractivity contribution in [1.82, 2.24) is 4.31 Å². The van der Waals surface area contributed by atoms with Crippen LogP contribution in [0.2, 0.25) is 0 Å². The lowest BCUT2D eigenvalue weighted by Crippen LogP contribution is -2.37. The van der Waals surface area contributed by atoms with E-state index in [0.717, 1.165) is 23.7 Å². The van der Waals surface area contributed by atoms with Gasteiger partial charge in [0.05, 0.1) is 4.90 Å². The molecule has 0 amide bonds. The molecule has 3 nitrogen and oxygen atoms in total. The number of hydrogen-bond donors (Lipinski definition) is 0. The van der Waals surface area contributed by atoms with Crippen LogP contribution in [0.5, 0.6) is 0 Å². The van der Waals surface area contributed by atoms with E-state index in [1.54, 1.807) is 28.6 Å². The zero-order valence-electron chi connectivity index (χ0n) is 11.8. The van der Waals surface area contributed by atoms with Crippen molar-refractivity contribution in [3.63, 3.8) is 0 Å². The number of halogens is 1.